The summed E-state index contributed by atoms with van der Waals surface area (Å²) >= 11 is 0. The Morgan fingerprint density at radius 1 is 1.24 bits per heavy atom. The van der Waals surface area contributed by atoms with E-state index >= 15 is 0 Å². The summed E-state index contributed by atoms with van der Waals surface area (Å²) in [6.07, 6.45) is 4.28. The highest BCUT2D eigenvalue weighted by Crippen LogP contribution is 2.38. The zero-order valence-electron chi connectivity index (χ0n) is 12.5. The van der Waals surface area contributed by atoms with Gasteiger partial charge in [0.2, 0.25) is 0 Å². The van der Waals surface area contributed by atoms with E-state index in [-0.39, 0.29) is 0 Å². The average Bonchev–Trinajstić information content (AvgIpc) is 3.23. The number of hydrogen-bond donors (Lipinski definition) is 1. The number of ether oxygens (including phenoxy) is 1. The van der Waals surface area contributed by atoms with Crippen molar-refractivity contribution in [2.45, 2.75) is 44.9 Å². The summed E-state index contributed by atoms with van der Waals surface area (Å²) < 4.78 is 5.91. The van der Waals surface area contributed by atoms with Gasteiger partial charge in [0.25, 0.3) is 0 Å². The van der Waals surface area contributed by atoms with E-state index in [2.05, 4.69) is 47.6 Å². The molecule has 1 saturated heterocycles. The highest BCUT2D eigenvalue weighted by Gasteiger charge is 2.40. The minimum atomic E-state index is 0.444. The van der Waals surface area contributed by atoms with Gasteiger partial charge in [-0.05, 0) is 49.8 Å². The van der Waals surface area contributed by atoms with Gasteiger partial charge in [-0.25, -0.2) is 0 Å². The maximum absolute atomic E-state index is 5.91. The predicted octanol–water partition coefficient (Wildman–Crippen LogP) is 3.20. The molecule has 1 N–H and O–H groups in total. The number of para-hydroxylation sites is 1. The first-order valence-corrected chi connectivity index (χ1v) is 8.01. The lowest BCUT2D eigenvalue weighted by molar-refractivity contribution is 0.0809. The molecule has 2 heterocycles. The Morgan fingerprint density at radius 3 is 2.95 bits per heavy atom. The van der Waals surface area contributed by atoms with Gasteiger partial charge in [0, 0.05) is 30.3 Å². The second kappa shape index (κ2) is 5.39. The van der Waals surface area contributed by atoms with Gasteiger partial charge in [-0.2, -0.15) is 0 Å². The average molecular weight is 282 g/mol. The molecule has 0 spiro atoms. The van der Waals surface area contributed by atoms with Gasteiger partial charge in [-0.3, -0.25) is 4.98 Å². The van der Waals surface area contributed by atoms with E-state index in [1.807, 2.05) is 0 Å². The Morgan fingerprint density at radius 2 is 2.10 bits per heavy atom. The number of aromatic nitrogens is 1. The molecule has 1 aliphatic carbocycles. The van der Waals surface area contributed by atoms with Crippen molar-refractivity contribution in [1.82, 2.24) is 10.3 Å². The molecule has 0 bridgehead atoms. The van der Waals surface area contributed by atoms with Crippen LogP contribution in [-0.4, -0.2) is 23.7 Å². The molecular weight excluding hydrogens is 260 g/mol. The summed E-state index contributed by atoms with van der Waals surface area (Å²) in [7, 11) is 0. The van der Waals surface area contributed by atoms with E-state index in [0.717, 1.165) is 36.7 Å². The van der Waals surface area contributed by atoms with Crippen LogP contribution < -0.4 is 5.32 Å². The number of rotatable bonds is 4. The lowest BCUT2D eigenvalue weighted by Gasteiger charge is -2.20. The van der Waals surface area contributed by atoms with Crippen LogP contribution in [0.4, 0.5) is 0 Å². The van der Waals surface area contributed by atoms with Crippen LogP contribution in [0.5, 0.6) is 0 Å². The molecule has 4 rings (SSSR count). The largest absolute Gasteiger partial charge is 0.376 e. The molecule has 0 amide bonds. The molecule has 2 aliphatic rings. The Hall–Kier alpha value is -1.45. The number of hydrogen-bond acceptors (Lipinski definition) is 3. The quantitative estimate of drug-likeness (QED) is 0.935. The van der Waals surface area contributed by atoms with Crippen molar-refractivity contribution in [2.75, 3.05) is 6.61 Å². The standard InChI is InChI=1S/C18H22N2O/c1-12-10-14(15-4-2-3-5-16(15)20-12)11-19-17-8-9-21-18(17)13-6-7-13/h2-5,10,13,17-19H,6-9,11H2,1H3. The van der Waals surface area contributed by atoms with Gasteiger partial charge in [-0.15, -0.1) is 0 Å². The molecule has 1 aromatic heterocycles. The van der Waals surface area contributed by atoms with Crippen LogP contribution in [0.15, 0.2) is 30.3 Å². The number of benzene rings is 1. The SMILES string of the molecule is Cc1cc(CNC2CCOC2C2CC2)c2ccccc2n1. The molecule has 2 fully saturated rings. The summed E-state index contributed by atoms with van der Waals surface area (Å²) in [5.74, 6) is 0.806. The fourth-order valence-corrected chi connectivity index (χ4v) is 3.50. The van der Waals surface area contributed by atoms with Gasteiger partial charge in [0.15, 0.2) is 0 Å². The second-order valence-corrected chi connectivity index (χ2v) is 6.39. The van der Waals surface area contributed by atoms with Gasteiger partial charge >= 0.3 is 0 Å². The van der Waals surface area contributed by atoms with Crippen molar-refractivity contribution in [3.63, 3.8) is 0 Å². The van der Waals surface area contributed by atoms with Crippen LogP contribution in [0.1, 0.15) is 30.5 Å². The second-order valence-electron chi connectivity index (χ2n) is 6.39. The zero-order valence-corrected chi connectivity index (χ0v) is 12.5. The van der Waals surface area contributed by atoms with Crippen LogP contribution in [0, 0.1) is 12.8 Å². The van der Waals surface area contributed by atoms with E-state index in [4.69, 9.17) is 4.74 Å². The number of aryl methyl sites for hydroxylation is 1. The molecule has 21 heavy (non-hydrogen) atoms. The topological polar surface area (TPSA) is 34.1 Å². The first kappa shape index (κ1) is 13.2. The monoisotopic (exact) mass is 282 g/mol. The predicted molar refractivity (Wildman–Crippen MR) is 84.2 cm³/mol. The van der Waals surface area contributed by atoms with Gasteiger partial charge < -0.3 is 10.1 Å². The Kier molecular flexibility index (Phi) is 3.40. The Balaban J connectivity index is 1.54. The zero-order chi connectivity index (χ0) is 14.2. The fourth-order valence-electron chi connectivity index (χ4n) is 3.50. The third-order valence-electron chi connectivity index (χ3n) is 4.71. The first-order chi connectivity index (χ1) is 10.3. The third kappa shape index (κ3) is 2.68. The molecule has 0 radical (unpaired) electrons. The lowest BCUT2D eigenvalue weighted by atomic mass is 10.0. The number of nitrogens with zero attached hydrogens (tertiary/aromatic N) is 1. The van der Waals surface area contributed by atoms with Crippen LogP contribution in [0.2, 0.25) is 0 Å². The summed E-state index contributed by atoms with van der Waals surface area (Å²) in [4.78, 5) is 4.62. The minimum Gasteiger partial charge on any atom is -0.376 e. The van der Waals surface area contributed by atoms with Gasteiger partial charge in [0.1, 0.15) is 0 Å². The minimum absolute atomic E-state index is 0.444. The highest BCUT2D eigenvalue weighted by atomic mass is 16.5. The van der Waals surface area contributed by atoms with Crippen molar-refractivity contribution >= 4 is 10.9 Å². The molecule has 1 aliphatic heterocycles. The van der Waals surface area contributed by atoms with Crippen LogP contribution in [0.25, 0.3) is 10.9 Å². The number of pyridine rings is 1. The van der Waals surface area contributed by atoms with Crippen molar-refractivity contribution in [3.8, 4) is 0 Å². The van der Waals surface area contributed by atoms with Gasteiger partial charge in [-0.1, -0.05) is 18.2 Å². The third-order valence-corrected chi connectivity index (χ3v) is 4.71. The Bertz CT molecular complexity index is 651. The van der Waals surface area contributed by atoms with Crippen molar-refractivity contribution in [2.24, 2.45) is 5.92 Å². The van der Waals surface area contributed by atoms with E-state index in [1.54, 1.807) is 0 Å². The van der Waals surface area contributed by atoms with E-state index in [0.29, 0.717) is 12.1 Å². The fraction of sp³-hybridized carbons (Fsp3) is 0.500. The molecule has 110 valence electrons. The molecule has 2 unspecified atom stereocenters. The first-order valence-electron chi connectivity index (χ1n) is 8.01. The summed E-state index contributed by atoms with van der Waals surface area (Å²) in [6, 6.07) is 11.1. The van der Waals surface area contributed by atoms with E-state index < -0.39 is 0 Å². The summed E-state index contributed by atoms with van der Waals surface area (Å²) in [5, 5.41) is 5.00. The van der Waals surface area contributed by atoms with E-state index in [1.165, 1.54) is 23.8 Å². The summed E-state index contributed by atoms with van der Waals surface area (Å²) in [5.41, 5.74) is 3.53. The molecule has 2 atom stereocenters. The Labute approximate surface area is 125 Å². The van der Waals surface area contributed by atoms with Crippen molar-refractivity contribution in [1.29, 1.82) is 0 Å². The van der Waals surface area contributed by atoms with Crippen molar-refractivity contribution in [3.05, 3.63) is 41.6 Å². The van der Waals surface area contributed by atoms with Crippen LogP contribution in [0.3, 0.4) is 0 Å². The maximum atomic E-state index is 5.91. The molecule has 1 saturated carbocycles. The van der Waals surface area contributed by atoms with Gasteiger partial charge in [0.05, 0.1) is 11.6 Å². The molecule has 1 aromatic carbocycles. The van der Waals surface area contributed by atoms with E-state index in [9.17, 15) is 0 Å². The molecule has 2 aromatic rings. The van der Waals surface area contributed by atoms with Crippen LogP contribution >= 0.6 is 0 Å². The maximum Gasteiger partial charge on any atom is 0.0757 e. The smallest absolute Gasteiger partial charge is 0.0757 e. The van der Waals surface area contributed by atoms with Crippen molar-refractivity contribution < 1.29 is 4.74 Å². The number of nitrogens with one attached hydrogen (secondary N) is 1. The lowest BCUT2D eigenvalue weighted by Crippen LogP contribution is -2.37. The molecule has 3 heteroatoms. The molecular formula is C18H22N2O. The van der Waals surface area contributed by atoms with Crippen LogP contribution in [-0.2, 0) is 11.3 Å². The highest BCUT2D eigenvalue weighted by molar-refractivity contribution is 5.82. The number of fused-ring (bicyclic) bond motifs is 1. The molecule has 3 nitrogen and oxygen atoms in total. The summed E-state index contributed by atoms with van der Waals surface area (Å²) in [6.45, 7) is 3.89. The normalized spacial score (nSPS) is 25.6.